The molecular weight excluding hydrogens is 399 g/mol. The van der Waals surface area contributed by atoms with Crippen molar-refractivity contribution in [3.8, 4) is 16.9 Å². The normalized spacial score (nSPS) is 20.0. The van der Waals surface area contributed by atoms with Gasteiger partial charge in [-0.05, 0) is 44.0 Å². The molecule has 158 valence electrons. The van der Waals surface area contributed by atoms with Crippen LogP contribution in [0.2, 0.25) is 0 Å². The Morgan fingerprint density at radius 2 is 1.93 bits per heavy atom. The number of fused-ring (bicyclic) bond motifs is 1. The average molecular weight is 419 g/mol. The number of amides is 1. The molecule has 6 nitrogen and oxygen atoms in total. The van der Waals surface area contributed by atoms with Crippen molar-refractivity contribution in [2.24, 2.45) is 0 Å². The molecule has 2 N–H and O–H groups in total. The number of hydrogen-bond acceptors (Lipinski definition) is 4. The highest BCUT2D eigenvalue weighted by Crippen LogP contribution is 2.36. The van der Waals surface area contributed by atoms with Crippen LogP contribution in [0.15, 0.2) is 42.7 Å². The number of imidazole rings is 1. The SMILES string of the molecule is C[C@@H]1CC[C@H](O)CN1C(=O)c1cn2cc(-c3ccc(C(F)(F)F)cc3O)ccc2n1. The van der Waals surface area contributed by atoms with Crippen molar-refractivity contribution in [1.82, 2.24) is 14.3 Å². The van der Waals surface area contributed by atoms with Gasteiger partial charge in [0, 0.05) is 36.1 Å². The number of piperidine rings is 1. The molecule has 0 saturated carbocycles. The molecule has 1 amide bonds. The topological polar surface area (TPSA) is 78.1 Å². The predicted octanol–water partition coefficient (Wildman–Crippen LogP) is 3.71. The number of hydrogen-bond donors (Lipinski definition) is 2. The molecule has 1 aromatic carbocycles. The number of carbonyl (C=O) groups is 1. The van der Waals surface area contributed by atoms with E-state index in [4.69, 9.17) is 0 Å². The summed E-state index contributed by atoms with van der Waals surface area (Å²) in [5.41, 5.74) is 0.479. The number of aromatic nitrogens is 2. The van der Waals surface area contributed by atoms with E-state index in [9.17, 15) is 28.2 Å². The minimum absolute atomic E-state index is 0.00892. The van der Waals surface area contributed by atoms with Gasteiger partial charge in [-0.2, -0.15) is 13.2 Å². The molecule has 1 aliphatic heterocycles. The number of likely N-dealkylation sites (tertiary alicyclic amines) is 1. The summed E-state index contributed by atoms with van der Waals surface area (Å²) in [5.74, 6) is -0.777. The first kappa shape index (κ1) is 20.2. The van der Waals surface area contributed by atoms with Crippen LogP contribution in [0.5, 0.6) is 5.75 Å². The summed E-state index contributed by atoms with van der Waals surface area (Å²) in [6.07, 6.45) is -0.616. The van der Waals surface area contributed by atoms with Crippen LogP contribution in [-0.4, -0.2) is 49.1 Å². The van der Waals surface area contributed by atoms with Gasteiger partial charge >= 0.3 is 6.18 Å². The van der Waals surface area contributed by atoms with E-state index >= 15 is 0 Å². The van der Waals surface area contributed by atoms with E-state index < -0.39 is 23.6 Å². The fourth-order valence-electron chi connectivity index (χ4n) is 3.72. The number of nitrogens with zero attached hydrogens (tertiary/aromatic N) is 3. The molecule has 0 bridgehead atoms. The molecule has 3 aromatic rings. The first-order valence-electron chi connectivity index (χ1n) is 9.52. The highest BCUT2D eigenvalue weighted by atomic mass is 19.4. The number of carbonyl (C=O) groups excluding carboxylic acids is 1. The van der Waals surface area contributed by atoms with Crippen molar-refractivity contribution in [2.45, 2.75) is 38.1 Å². The highest BCUT2D eigenvalue weighted by molar-refractivity contribution is 5.93. The number of phenols is 1. The zero-order valence-corrected chi connectivity index (χ0v) is 16.1. The van der Waals surface area contributed by atoms with Crippen LogP contribution in [0.1, 0.15) is 35.8 Å². The predicted molar refractivity (Wildman–Crippen MR) is 103 cm³/mol. The summed E-state index contributed by atoms with van der Waals surface area (Å²) in [6, 6.07) is 6.03. The van der Waals surface area contributed by atoms with Gasteiger partial charge in [-0.3, -0.25) is 4.79 Å². The fraction of sp³-hybridized carbons (Fsp3) is 0.333. The summed E-state index contributed by atoms with van der Waals surface area (Å²) in [7, 11) is 0. The van der Waals surface area contributed by atoms with Crippen LogP contribution in [0, 0.1) is 0 Å². The van der Waals surface area contributed by atoms with E-state index in [-0.39, 0.29) is 29.8 Å². The molecule has 4 rings (SSSR count). The molecule has 1 fully saturated rings. The Hall–Kier alpha value is -3.07. The molecule has 1 saturated heterocycles. The molecule has 0 spiro atoms. The van der Waals surface area contributed by atoms with Gasteiger partial charge in [0.25, 0.3) is 5.91 Å². The lowest BCUT2D eigenvalue weighted by molar-refractivity contribution is -0.137. The number of aliphatic hydroxyl groups is 1. The maximum atomic E-state index is 12.9. The number of aliphatic hydroxyl groups excluding tert-OH is 1. The minimum atomic E-state index is -4.54. The number of aromatic hydroxyl groups is 1. The van der Waals surface area contributed by atoms with Crippen molar-refractivity contribution in [2.75, 3.05) is 6.54 Å². The number of halogens is 3. The molecular formula is C21H20F3N3O3. The number of pyridine rings is 1. The molecule has 2 atom stereocenters. The molecule has 1 aliphatic rings. The minimum Gasteiger partial charge on any atom is -0.507 e. The third-order valence-electron chi connectivity index (χ3n) is 5.42. The zero-order chi connectivity index (χ0) is 21.6. The number of β-amino-alcohol motifs (C(OH)–C–C–N with tert-alkyl or cyclic N) is 1. The molecule has 0 aliphatic carbocycles. The van der Waals surface area contributed by atoms with Crippen LogP contribution in [0.3, 0.4) is 0 Å². The first-order valence-corrected chi connectivity index (χ1v) is 9.52. The third kappa shape index (κ3) is 3.72. The smallest absolute Gasteiger partial charge is 0.416 e. The number of benzene rings is 1. The van der Waals surface area contributed by atoms with E-state index in [0.717, 1.165) is 6.07 Å². The third-order valence-corrected chi connectivity index (χ3v) is 5.42. The van der Waals surface area contributed by atoms with Gasteiger partial charge in [0.15, 0.2) is 0 Å². The van der Waals surface area contributed by atoms with Crippen molar-refractivity contribution in [3.63, 3.8) is 0 Å². The Morgan fingerprint density at radius 1 is 1.17 bits per heavy atom. The van der Waals surface area contributed by atoms with E-state index in [1.165, 1.54) is 12.3 Å². The summed E-state index contributed by atoms with van der Waals surface area (Å²) >= 11 is 0. The lowest BCUT2D eigenvalue weighted by atomic mass is 10.0. The molecule has 0 unspecified atom stereocenters. The first-order chi connectivity index (χ1) is 14.1. The van der Waals surface area contributed by atoms with Crippen LogP contribution in [0.4, 0.5) is 13.2 Å². The lowest BCUT2D eigenvalue weighted by Crippen LogP contribution is -2.47. The van der Waals surface area contributed by atoms with Gasteiger partial charge in [0.2, 0.25) is 0 Å². The zero-order valence-electron chi connectivity index (χ0n) is 16.1. The van der Waals surface area contributed by atoms with Crippen LogP contribution < -0.4 is 0 Å². The van der Waals surface area contributed by atoms with Gasteiger partial charge < -0.3 is 19.5 Å². The Kier molecular flexibility index (Phi) is 4.93. The number of phenolic OH excluding ortho intramolecular Hbond substituents is 1. The molecule has 9 heteroatoms. The van der Waals surface area contributed by atoms with Crippen LogP contribution in [0.25, 0.3) is 16.8 Å². The van der Waals surface area contributed by atoms with Gasteiger partial charge in [0.05, 0.1) is 11.7 Å². The second-order valence-corrected chi connectivity index (χ2v) is 7.58. The average Bonchev–Trinajstić information content (AvgIpc) is 3.12. The Labute approximate surface area is 170 Å². The number of alkyl halides is 3. The Balaban J connectivity index is 1.65. The maximum Gasteiger partial charge on any atom is 0.416 e. The molecule has 30 heavy (non-hydrogen) atoms. The van der Waals surface area contributed by atoms with Crippen LogP contribution >= 0.6 is 0 Å². The summed E-state index contributed by atoms with van der Waals surface area (Å²) in [4.78, 5) is 18.8. The van der Waals surface area contributed by atoms with Crippen molar-refractivity contribution < 1.29 is 28.2 Å². The number of rotatable bonds is 2. The second kappa shape index (κ2) is 7.32. The van der Waals surface area contributed by atoms with E-state index in [2.05, 4.69) is 4.98 Å². The van der Waals surface area contributed by atoms with E-state index in [1.807, 2.05) is 6.92 Å². The van der Waals surface area contributed by atoms with Crippen molar-refractivity contribution in [1.29, 1.82) is 0 Å². The monoisotopic (exact) mass is 419 g/mol. The van der Waals surface area contributed by atoms with E-state index in [1.54, 1.807) is 27.6 Å². The lowest BCUT2D eigenvalue weighted by Gasteiger charge is -2.35. The Bertz CT molecular complexity index is 1110. The molecule has 0 radical (unpaired) electrons. The van der Waals surface area contributed by atoms with Crippen LogP contribution in [-0.2, 0) is 6.18 Å². The van der Waals surface area contributed by atoms with Gasteiger partial charge in [-0.1, -0.05) is 6.07 Å². The summed E-state index contributed by atoms with van der Waals surface area (Å²) in [6.45, 7) is 2.17. The highest BCUT2D eigenvalue weighted by Gasteiger charge is 2.31. The molecule has 3 heterocycles. The standard InChI is InChI=1S/C21H20F3N3O3/c1-12-2-5-15(28)10-27(12)20(30)17-11-26-9-13(3-7-19(26)25-17)16-6-4-14(8-18(16)29)21(22,23)24/h3-4,6-9,11-12,15,28-29H,2,5,10H2,1H3/t12-,15+/m1/s1. The quantitative estimate of drug-likeness (QED) is 0.664. The van der Waals surface area contributed by atoms with Gasteiger partial charge in [-0.15, -0.1) is 0 Å². The fourth-order valence-corrected chi connectivity index (χ4v) is 3.72. The summed E-state index contributed by atoms with van der Waals surface area (Å²) in [5, 5.41) is 20.0. The summed E-state index contributed by atoms with van der Waals surface area (Å²) < 4.78 is 40.0. The Morgan fingerprint density at radius 3 is 2.63 bits per heavy atom. The largest absolute Gasteiger partial charge is 0.507 e. The second-order valence-electron chi connectivity index (χ2n) is 7.58. The van der Waals surface area contributed by atoms with E-state index in [0.29, 0.717) is 30.1 Å². The molecule has 2 aromatic heterocycles. The van der Waals surface area contributed by atoms with Gasteiger partial charge in [0.1, 0.15) is 17.1 Å². The van der Waals surface area contributed by atoms with Gasteiger partial charge in [-0.25, -0.2) is 4.98 Å². The van der Waals surface area contributed by atoms with Crippen molar-refractivity contribution in [3.05, 3.63) is 54.0 Å². The maximum absolute atomic E-state index is 12.9. The van der Waals surface area contributed by atoms with Crippen molar-refractivity contribution >= 4 is 11.6 Å².